The second kappa shape index (κ2) is 6.88. The highest BCUT2D eigenvalue weighted by molar-refractivity contribution is 5.76. The Morgan fingerprint density at radius 2 is 1.95 bits per heavy atom. The van der Waals surface area contributed by atoms with E-state index in [0.29, 0.717) is 24.6 Å². The number of aryl methyl sites for hydroxylation is 1. The number of ether oxygens (including phenoxy) is 1. The molecule has 0 aliphatic carbocycles. The van der Waals surface area contributed by atoms with Crippen LogP contribution in [0.2, 0.25) is 0 Å². The standard InChI is InChI=1S/C17H19NO3/c1-3-21-16-6-4-5-15(18-16)14(17(19)20)11-13-9-7-12(2)8-10-13/h4-10,14H,3,11H2,1-2H3,(H,19,20). The van der Waals surface area contributed by atoms with Crippen molar-refractivity contribution in [1.82, 2.24) is 4.98 Å². The van der Waals surface area contributed by atoms with E-state index in [4.69, 9.17) is 4.74 Å². The average molecular weight is 285 g/mol. The summed E-state index contributed by atoms with van der Waals surface area (Å²) in [7, 11) is 0. The summed E-state index contributed by atoms with van der Waals surface area (Å²) in [4.78, 5) is 15.9. The van der Waals surface area contributed by atoms with Crippen LogP contribution in [-0.4, -0.2) is 22.7 Å². The number of rotatable bonds is 6. The van der Waals surface area contributed by atoms with Crippen molar-refractivity contribution in [2.45, 2.75) is 26.2 Å². The first-order valence-electron chi connectivity index (χ1n) is 6.98. The Hall–Kier alpha value is -2.36. The number of carboxylic acid groups (broad SMARTS) is 1. The van der Waals surface area contributed by atoms with Crippen LogP contribution < -0.4 is 4.74 Å². The predicted octanol–water partition coefficient (Wildman–Crippen LogP) is 3.20. The van der Waals surface area contributed by atoms with E-state index in [0.717, 1.165) is 11.1 Å². The van der Waals surface area contributed by atoms with Crippen molar-refractivity contribution in [3.8, 4) is 5.88 Å². The van der Waals surface area contributed by atoms with Gasteiger partial charge in [0.1, 0.15) is 5.92 Å². The topological polar surface area (TPSA) is 59.4 Å². The summed E-state index contributed by atoms with van der Waals surface area (Å²) < 4.78 is 5.34. The summed E-state index contributed by atoms with van der Waals surface area (Å²) in [5.74, 6) is -1.09. The van der Waals surface area contributed by atoms with Gasteiger partial charge in [-0.3, -0.25) is 4.79 Å². The van der Waals surface area contributed by atoms with Crippen molar-refractivity contribution in [3.63, 3.8) is 0 Å². The van der Waals surface area contributed by atoms with Gasteiger partial charge in [0, 0.05) is 6.07 Å². The van der Waals surface area contributed by atoms with Crippen molar-refractivity contribution in [2.24, 2.45) is 0 Å². The Morgan fingerprint density at radius 1 is 1.24 bits per heavy atom. The third kappa shape index (κ3) is 4.05. The summed E-state index contributed by atoms with van der Waals surface area (Å²) in [6, 6.07) is 13.1. The third-order valence-corrected chi connectivity index (χ3v) is 3.25. The molecule has 0 saturated carbocycles. The van der Waals surface area contributed by atoms with Gasteiger partial charge in [0.15, 0.2) is 0 Å². The van der Waals surface area contributed by atoms with E-state index in [1.807, 2.05) is 38.1 Å². The molecule has 21 heavy (non-hydrogen) atoms. The highest BCUT2D eigenvalue weighted by Crippen LogP contribution is 2.22. The van der Waals surface area contributed by atoms with E-state index >= 15 is 0 Å². The molecule has 2 aromatic rings. The molecule has 4 nitrogen and oxygen atoms in total. The van der Waals surface area contributed by atoms with E-state index in [1.165, 1.54) is 0 Å². The van der Waals surface area contributed by atoms with Gasteiger partial charge in [-0.05, 0) is 31.9 Å². The van der Waals surface area contributed by atoms with Crippen LogP contribution in [0, 0.1) is 6.92 Å². The largest absolute Gasteiger partial charge is 0.481 e. The van der Waals surface area contributed by atoms with E-state index in [-0.39, 0.29) is 0 Å². The Labute approximate surface area is 124 Å². The van der Waals surface area contributed by atoms with E-state index in [9.17, 15) is 9.90 Å². The molecule has 0 amide bonds. The number of benzene rings is 1. The lowest BCUT2D eigenvalue weighted by Gasteiger charge is -2.13. The number of aliphatic carboxylic acids is 1. The van der Waals surface area contributed by atoms with E-state index < -0.39 is 11.9 Å². The lowest BCUT2D eigenvalue weighted by molar-refractivity contribution is -0.138. The van der Waals surface area contributed by atoms with Crippen molar-refractivity contribution in [1.29, 1.82) is 0 Å². The molecule has 0 bridgehead atoms. The first-order chi connectivity index (χ1) is 10.1. The van der Waals surface area contributed by atoms with Crippen molar-refractivity contribution >= 4 is 5.97 Å². The van der Waals surface area contributed by atoms with Gasteiger partial charge < -0.3 is 9.84 Å². The monoisotopic (exact) mass is 285 g/mol. The lowest BCUT2D eigenvalue weighted by atomic mass is 9.95. The number of carboxylic acids is 1. The second-order valence-corrected chi connectivity index (χ2v) is 4.91. The van der Waals surface area contributed by atoms with Crippen LogP contribution >= 0.6 is 0 Å². The van der Waals surface area contributed by atoms with Crippen LogP contribution in [0.15, 0.2) is 42.5 Å². The molecular formula is C17H19NO3. The second-order valence-electron chi connectivity index (χ2n) is 4.91. The molecule has 0 fully saturated rings. The van der Waals surface area contributed by atoms with Gasteiger partial charge in [-0.1, -0.05) is 35.9 Å². The third-order valence-electron chi connectivity index (χ3n) is 3.25. The highest BCUT2D eigenvalue weighted by Gasteiger charge is 2.22. The van der Waals surface area contributed by atoms with Crippen molar-refractivity contribution in [3.05, 3.63) is 59.3 Å². The molecule has 110 valence electrons. The Morgan fingerprint density at radius 3 is 2.57 bits per heavy atom. The maximum absolute atomic E-state index is 11.6. The molecular weight excluding hydrogens is 266 g/mol. The van der Waals surface area contributed by atoms with Gasteiger partial charge >= 0.3 is 5.97 Å². The molecule has 0 saturated heterocycles. The number of nitrogens with zero attached hydrogens (tertiary/aromatic N) is 1. The molecule has 2 rings (SSSR count). The SMILES string of the molecule is CCOc1cccc(C(Cc2ccc(C)cc2)C(=O)O)n1. The maximum atomic E-state index is 11.6. The average Bonchev–Trinajstić information content (AvgIpc) is 2.47. The summed E-state index contributed by atoms with van der Waals surface area (Å²) in [5, 5.41) is 9.48. The first-order valence-corrected chi connectivity index (χ1v) is 6.98. The van der Waals surface area contributed by atoms with Crippen LogP contribution in [0.5, 0.6) is 5.88 Å². The number of carbonyl (C=O) groups is 1. The van der Waals surface area contributed by atoms with Gasteiger partial charge in [-0.2, -0.15) is 0 Å². The zero-order valence-electron chi connectivity index (χ0n) is 12.2. The van der Waals surface area contributed by atoms with Gasteiger partial charge in [-0.25, -0.2) is 4.98 Å². The quantitative estimate of drug-likeness (QED) is 0.885. The van der Waals surface area contributed by atoms with Gasteiger partial charge in [0.25, 0.3) is 0 Å². The van der Waals surface area contributed by atoms with Gasteiger partial charge in [0.2, 0.25) is 5.88 Å². The fourth-order valence-corrected chi connectivity index (χ4v) is 2.13. The van der Waals surface area contributed by atoms with Crippen LogP contribution in [-0.2, 0) is 11.2 Å². The van der Waals surface area contributed by atoms with Gasteiger partial charge in [0.05, 0.1) is 12.3 Å². The highest BCUT2D eigenvalue weighted by atomic mass is 16.5. The molecule has 1 atom stereocenters. The summed E-state index contributed by atoms with van der Waals surface area (Å²) >= 11 is 0. The Kier molecular flexibility index (Phi) is 4.93. The van der Waals surface area contributed by atoms with Crippen molar-refractivity contribution in [2.75, 3.05) is 6.61 Å². The molecule has 0 aliphatic rings. The maximum Gasteiger partial charge on any atom is 0.312 e. The summed E-state index contributed by atoms with van der Waals surface area (Å²) in [5.41, 5.74) is 2.66. The number of pyridine rings is 1. The van der Waals surface area contributed by atoms with Crippen LogP contribution in [0.3, 0.4) is 0 Å². The fraction of sp³-hybridized carbons (Fsp3) is 0.294. The minimum absolute atomic E-state index is 0.415. The molecule has 0 aliphatic heterocycles. The molecule has 1 N–H and O–H groups in total. The minimum atomic E-state index is -0.878. The molecule has 4 heteroatoms. The molecule has 0 spiro atoms. The first kappa shape index (κ1) is 15.0. The normalized spacial score (nSPS) is 11.9. The predicted molar refractivity (Wildman–Crippen MR) is 80.7 cm³/mol. The van der Waals surface area contributed by atoms with Crippen LogP contribution in [0.4, 0.5) is 0 Å². The molecule has 1 unspecified atom stereocenters. The molecule has 1 aromatic carbocycles. The summed E-state index contributed by atoms with van der Waals surface area (Å²) in [6.45, 7) is 4.38. The smallest absolute Gasteiger partial charge is 0.312 e. The zero-order valence-corrected chi connectivity index (χ0v) is 12.2. The van der Waals surface area contributed by atoms with Gasteiger partial charge in [-0.15, -0.1) is 0 Å². The minimum Gasteiger partial charge on any atom is -0.481 e. The zero-order chi connectivity index (χ0) is 15.2. The van der Waals surface area contributed by atoms with Crippen LogP contribution in [0.25, 0.3) is 0 Å². The molecule has 1 heterocycles. The Bertz CT molecular complexity index is 608. The van der Waals surface area contributed by atoms with Crippen molar-refractivity contribution < 1.29 is 14.6 Å². The van der Waals surface area contributed by atoms with E-state index in [2.05, 4.69) is 4.98 Å². The lowest BCUT2D eigenvalue weighted by Crippen LogP contribution is -2.16. The number of hydrogen-bond acceptors (Lipinski definition) is 3. The number of hydrogen-bond donors (Lipinski definition) is 1. The summed E-state index contributed by atoms with van der Waals surface area (Å²) in [6.07, 6.45) is 0.415. The fourth-order valence-electron chi connectivity index (χ4n) is 2.13. The molecule has 1 aromatic heterocycles. The van der Waals surface area contributed by atoms with E-state index in [1.54, 1.807) is 18.2 Å². The number of aromatic nitrogens is 1. The molecule has 0 radical (unpaired) electrons. The van der Waals surface area contributed by atoms with Crippen LogP contribution in [0.1, 0.15) is 29.7 Å². The Balaban J connectivity index is 2.24.